The number of carbonyl (C=O) groups excluding carboxylic acids is 1. The molecule has 0 radical (unpaired) electrons. The molecule has 1 amide bonds. The monoisotopic (exact) mass is 1020 g/mol. The van der Waals surface area contributed by atoms with Crippen molar-refractivity contribution in [1.29, 1.82) is 0 Å². The Morgan fingerprint density at radius 2 is 0.873 bits per heavy atom. The first-order chi connectivity index (χ1) is 34.6. The molecular formula is C57H109NO13. The lowest BCUT2D eigenvalue weighted by Crippen LogP contribution is -2.65. The first-order valence-electron chi connectivity index (χ1n) is 29.4. The number of hydrogen-bond donors (Lipinski definition) is 9. The van der Waals surface area contributed by atoms with Crippen molar-refractivity contribution in [2.24, 2.45) is 0 Å². The third-order valence-electron chi connectivity index (χ3n) is 14.7. The van der Waals surface area contributed by atoms with E-state index in [0.717, 1.165) is 38.5 Å². The van der Waals surface area contributed by atoms with Gasteiger partial charge in [-0.15, -0.1) is 0 Å². The van der Waals surface area contributed by atoms with E-state index in [1.54, 1.807) is 6.08 Å². The summed E-state index contributed by atoms with van der Waals surface area (Å²) in [5.74, 6) is -0.235. The van der Waals surface area contributed by atoms with Gasteiger partial charge < -0.3 is 65.1 Å². The number of carbonyl (C=O) groups is 1. The van der Waals surface area contributed by atoms with Gasteiger partial charge in [0.2, 0.25) is 5.91 Å². The summed E-state index contributed by atoms with van der Waals surface area (Å²) in [6.45, 7) is 2.81. The molecule has 2 rings (SSSR count). The standard InChI is InChI=1S/C57H109NO13/c1-3-5-7-9-11-13-15-17-18-19-20-21-22-23-24-25-26-27-28-29-31-33-35-37-39-41-49(62)58-45(46(61)40-38-36-34-32-30-16-14-12-10-8-6-4-2)44-68-56-54(67)52(65)55(48(43-60)70-56)71-57-53(66)51(64)50(63)47(42-59)69-57/h38,40,45-48,50-57,59-61,63-67H,3-37,39,41-44H2,1-2H3,(H,58,62)/b40-38+. The Bertz CT molecular complexity index is 1240. The number of allylic oxidation sites excluding steroid dienone is 1. The van der Waals surface area contributed by atoms with Crippen LogP contribution in [0.1, 0.15) is 251 Å². The van der Waals surface area contributed by atoms with E-state index in [1.165, 1.54) is 186 Å². The Morgan fingerprint density at radius 3 is 1.30 bits per heavy atom. The van der Waals surface area contributed by atoms with Gasteiger partial charge in [-0.25, -0.2) is 0 Å². The maximum atomic E-state index is 13.2. The Labute approximate surface area is 431 Å². The lowest BCUT2D eigenvalue weighted by molar-refractivity contribution is -0.359. The molecule has 0 aromatic heterocycles. The molecule has 12 unspecified atom stereocenters. The fourth-order valence-electron chi connectivity index (χ4n) is 9.94. The van der Waals surface area contributed by atoms with Crippen LogP contribution in [-0.4, -0.2) is 140 Å². The van der Waals surface area contributed by atoms with Crippen LogP contribution in [0.25, 0.3) is 0 Å². The molecule has 0 bridgehead atoms. The zero-order valence-corrected chi connectivity index (χ0v) is 45.0. The molecular weight excluding hydrogens is 907 g/mol. The SMILES string of the molecule is CCCCCCCCCCCC/C=C/C(O)C(COC1OC(CO)C(OC2OC(CO)C(O)C(O)C2O)C(O)C1O)NC(=O)CCCCCCCCCCCCCCCCCCCCCCCCCCC. The van der Waals surface area contributed by atoms with E-state index in [2.05, 4.69) is 19.2 Å². The number of hydrogen-bond acceptors (Lipinski definition) is 13. The highest BCUT2D eigenvalue weighted by Gasteiger charge is 2.51. The van der Waals surface area contributed by atoms with Crippen molar-refractivity contribution in [3.05, 3.63) is 12.2 Å². The fourth-order valence-corrected chi connectivity index (χ4v) is 9.94. The van der Waals surface area contributed by atoms with Gasteiger partial charge in [-0.3, -0.25) is 4.79 Å². The number of nitrogens with one attached hydrogen (secondary N) is 1. The molecule has 2 saturated heterocycles. The Balaban J connectivity index is 1.71. The highest BCUT2D eigenvalue weighted by Crippen LogP contribution is 2.30. The van der Waals surface area contributed by atoms with E-state index in [9.17, 15) is 45.6 Å². The third-order valence-corrected chi connectivity index (χ3v) is 14.7. The molecule has 2 fully saturated rings. The zero-order chi connectivity index (χ0) is 51.7. The largest absolute Gasteiger partial charge is 0.394 e. The maximum Gasteiger partial charge on any atom is 0.220 e. The number of aliphatic hydroxyl groups is 8. The zero-order valence-electron chi connectivity index (χ0n) is 45.0. The second-order valence-electron chi connectivity index (χ2n) is 21.1. The van der Waals surface area contributed by atoms with Crippen LogP contribution in [0.5, 0.6) is 0 Å². The van der Waals surface area contributed by atoms with Crippen LogP contribution < -0.4 is 5.32 Å². The molecule has 0 aromatic rings. The molecule has 0 saturated carbocycles. The summed E-state index contributed by atoms with van der Waals surface area (Å²) in [5.41, 5.74) is 0. The molecule has 71 heavy (non-hydrogen) atoms. The lowest BCUT2D eigenvalue weighted by Gasteiger charge is -2.46. The average Bonchev–Trinajstić information content (AvgIpc) is 3.37. The van der Waals surface area contributed by atoms with Gasteiger partial charge in [0.25, 0.3) is 0 Å². The van der Waals surface area contributed by atoms with Gasteiger partial charge in [-0.05, 0) is 19.3 Å². The summed E-state index contributed by atoms with van der Waals surface area (Å²) in [6, 6.07) is -0.908. The molecule has 9 N–H and O–H groups in total. The van der Waals surface area contributed by atoms with E-state index in [1.807, 2.05) is 6.08 Å². The summed E-state index contributed by atoms with van der Waals surface area (Å²) in [4.78, 5) is 13.2. The van der Waals surface area contributed by atoms with Crippen molar-refractivity contribution >= 4 is 5.91 Å². The van der Waals surface area contributed by atoms with Crippen LogP contribution in [0.15, 0.2) is 12.2 Å². The van der Waals surface area contributed by atoms with E-state index in [4.69, 9.17) is 18.9 Å². The van der Waals surface area contributed by atoms with E-state index < -0.39 is 86.8 Å². The summed E-state index contributed by atoms with van der Waals surface area (Å²) in [6.07, 6.45) is 32.6. The van der Waals surface area contributed by atoms with Crippen LogP contribution >= 0.6 is 0 Å². The molecule has 12 atom stereocenters. The fraction of sp³-hybridized carbons (Fsp3) is 0.947. The third kappa shape index (κ3) is 30.2. The molecule has 0 aliphatic carbocycles. The van der Waals surface area contributed by atoms with Crippen LogP contribution in [0.3, 0.4) is 0 Å². The van der Waals surface area contributed by atoms with Gasteiger partial charge in [-0.2, -0.15) is 0 Å². The Morgan fingerprint density at radius 1 is 0.493 bits per heavy atom. The minimum Gasteiger partial charge on any atom is -0.394 e. The predicted octanol–water partition coefficient (Wildman–Crippen LogP) is 9.50. The van der Waals surface area contributed by atoms with Crippen LogP contribution in [-0.2, 0) is 23.7 Å². The Kier molecular flexibility index (Phi) is 40.7. The summed E-state index contributed by atoms with van der Waals surface area (Å²) in [7, 11) is 0. The van der Waals surface area contributed by atoms with Gasteiger partial charge in [-0.1, -0.05) is 238 Å². The van der Waals surface area contributed by atoms with Crippen molar-refractivity contribution in [2.45, 2.75) is 325 Å². The second kappa shape index (κ2) is 43.9. The minimum absolute atomic E-state index is 0.235. The van der Waals surface area contributed by atoms with Crippen LogP contribution in [0.4, 0.5) is 0 Å². The molecule has 14 nitrogen and oxygen atoms in total. The molecule has 2 aliphatic rings. The topological polar surface area (TPSA) is 228 Å². The van der Waals surface area contributed by atoms with Gasteiger partial charge in [0.15, 0.2) is 12.6 Å². The number of amides is 1. The van der Waals surface area contributed by atoms with Crippen molar-refractivity contribution in [1.82, 2.24) is 5.32 Å². The smallest absolute Gasteiger partial charge is 0.220 e. The highest BCUT2D eigenvalue weighted by molar-refractivity contribution is 5.76. The molecule has 420 valence electrons. The van der Waals surface area contributed by atoms with E-state index in [-0.39, 0.29) is 18.9 Å². The van der Waals surface area contributed by atoms with Gasteiger partial charge in [0.1, 0.15) is 48.8 Å². The molecule has 0 spiro atoms. The summed E-state index contributed by atoms with van der Waals surface area (Å²) >= 11 is 0. The number of unbranched alkanes of at least 4 members (excludes halogenated alkanes) is 34. The lowest BCUT2D eigenvalue weighted by atomic mass is 9.97. The number of rotatable bonds is 47. The van der Waals surface area contributed by atoms with Crippen molar-refractivity contribution in [2.75, 3.05) is 19.8 Å². The predicted molar refractivity (Wildman–Crippen MR) is 282 cm³/mol. The first kappa shape index (κ1) is 65.8. The van der Waals surface area contributed by atoms with Crippen molar-refractivity contribution < 1.29 is 64.6 Å². The van der Waals surface area contributed by atoms with Crippen molar-refractivity contribution in [3.63, 3.8) is 0 Å². The van der Waals surface area contributed by atoms with E-state index >= 15 is 0 Å². The van der Waals surface area contributed by atoms with Crippen molar-refractivity contribution in [3.8, 4) is 0 Å². The highest BCUT2D eigenvalue weighted by atomic mass is 16.7. The van der Waals surface area contributed by atoms with E-state index in [0.29, 0.717) is 6.42 Å². The first-order valence-corrected chi connectivity index (χ1v) is 29.4. The minimum atomic E-state index is -1.78. The summed E-state index contributed by atoms with van der Waals surface area (Å²) < 4.78 is 22.7. The van der Waals surface area contributed by atoms with Gasteiger partial charge >= 0.3 is 0 Å². The number of aliphatic hydroxyl groups excluding tert-OH is 8. The molecule has 14 heteroatoms. The van der Waals surface area contributed by atoms with Crippen LogP contribution in [0.2, 0.25) is 0 Å². The molecule has 0 aromatic carbocycles. The maximum absolute atomic E-state index is 13.2. The van der Waals surface area contributed by atoms with Crippen LogP contribution in [0, 0.1) is 0 Å². The number of ether oxygens (including phenoxy) is 4. The summed E-state index contributed by atoms with van der Waals surface area (Å²) in [5, 5.41) is 86.9. The van der Waals surface area contributed by atoms with Gasteiger partial charge in [0.05, 0.1) is 32.0 Å². The normalized spacial score (nSPS) is 25.8. The Hall–Kier alpha value is -1.27. The molecule has 2 aliphatic heterocycles. The molecule has 2 heterocycles. The quantitative estimate of drug-likeness (QED) is 0.0205. The van der Waals surface area contributed by atoms with Gasteiger partial charge in [0, 0.05) is 6.42 Å². The average molecular weight is 1020 g/mol. The second-order valence-corrected chi connectivity index (χ2v) is 21.1.